The van der Waals surface area contributed by atoms with Crippen LogP contribution in [0.4, 0.5) is 5.82 Å². The minimum absolute atomic E-state index is 0.621. The Bertz CT molecular complexity index is 584. The zero-order chi connectivity index (χ0) is 14.5. The Kier molecular flexibility index (Phi) is 5.31. The van der Waals surface area contributed by atoms with Crippen LogP contribution in [0, 0.1) is 10.5 Å². The second-order valence-electron chi connectivity index (χ2n) is 4.46. The summed E-state index contributed by atoms with van der Waals surface area (Å²) in [5, 5.41) is 3.28. The zero-order valence-corrected chi connectivity index (χ0v) is 14.1. The van der Waals surface area contributed by atoms with Crippen molar-refractivity contribution in [1.82, 2.24) is 9.97 Å². The normalized spacial score (nSPS) is 10.6. The first-order valence-corrected chi connectivity index (χ1v) is 7.59. The fourth-order valence-corrected chi connectivity index (χ4v) is 2.32. The lowest BCUT2D eigenvalue weighted by molar-refractivity contribution is 0.185. The van der Waals surface area contributed by atoms with Gasteiger partial charge in [-0.15, -0.1) is 0 Å². The highest BCUT2D eigenvalue weighted by atomic mass is 127. The molecule has 1 aromatic heterocycles. The molecule has 1 N–H and O–H groups in total. The summed E-state index contributed by atoms with van der Waals surface area (Å²) < 4.78 is 6.19. The number of methoxy groups -OCH3 is 1. The summed E-state index contributed by atoms with van der Waals surface area (Å²) in [4.78, 5) is 9.18. The van der Waals surface area contributed by atoms with E-state index in [9.17, 15) is 0 Å². The fourth-order valence-electron chi connectivity index (χ4n) is 1.89. The number of rotatable bonds is 5. The Balaban J connectivity index is 2.36. The van der Waals surface area contributed by atoms with Gasteiger partial charge < -0.3 is 10.1 Å². The fraction of sp³-hybridized carbons (Fsp3) is 0.333. The van der Waals surface area contributed by atoms with Crippen LogP contribution in [0.3, 0.4) is 0 Å². The number of aromatic nitrogens is 2. The minimum atomic E-state index is 0.621. The van der Waals surface area contributed by atoms with Crippen LogP contribution in [-0.4, -0.2) is 23.6 Å². The molecule has 1 heterocycles. The Morgan fingerprint density at radius 1 is 1.20 bits per heavy atom. The van der Waals surface area contributed by atoms with Gasteiger partial charge in [0.1, 0.15) is 5.82 Å². The van der Waals surface area contributed by atoms with Crippen molar-refractivity contribution < 1.29 is 4.74 Å². The van der Waals surface area contributed by atoms with Gasteiger partial charge in [-0.25, -0.2) is 9.97 Å². The van der Waals surface area contributed by atoms with Crippen LogP contribution in [0.1, 0.15) is 18.2 Å². The summed E-state index contributed by atoms with van der Waals surface area (Å²) in [6.07, 6.45) is 0. The molecule has 0 amide bonds. The van der Waals surface area contributed by atoms with Gasteiger partial charge >= 0.3 is 0 Å². The number of nitrogens with one attached hydrogen (secondary N) is 1. The van der Waals surface area contributed by atoms with E-state index in [1.807, 2.05) is 31.2 Å². The van der Waals surface area contributed by atoms with Gasteiger partial charge in [-0.1, -0.05) is 24.3 Å². The number of hydrogen-bond donors (Lipinski definition) is 1. The van der Waals surface area contributed by atoms with Crippen molar-refractivity contribution in [3.8, 4) is 11.4 Å². The summed E-state index contributed by atoms with van der Waals surface area (Å²) in [6, 6.07) is 8.16. The van der Waals surface area contributed by atoms with Crippen molar-refractivity contribution in [2.45, 2.75) is 20.5 Å². The van der Waals surface area contributed by atoms with Crippen molar-refractivity contribution in [3.05, 3.63) is 39.1 Å². The van der Waals surface area contributed by atoms with Gasteiger partial charge in [-0.3, -0.25) is 0 Å². The van der Waals surface area contributed by atoms with Crippen molar-refractivity contribution in [2.75, 3.05) is 19.0 Å². The molecule has 0 saturated carbocycles. The molecule has 106 valence electrons. The van der Waals surface area contributed by atoms with Gasteiger partial charge in [0.15, 0.2) is 5.82 Å². The standard InChI is InChI=1S/C15H18IN3O/c1-4-17-15-13(16)10(2)18-14(19-15)12-7-5-11(6-8-12)9-20-3/h5-8H,4,9H2,1-3H3,(H,17,18,19). The van der Waals surface area contributed by atoms with Crippen LogP contribution < -0.4 is 5.32 Å². The number of nitrogens with zero attached hydrogens (tertiary/aromatic N) is 2. The molecule has 4 nitrogen and oxygen atoms in total. The second-order valence-corrected chi connectivity index (χ2v) is 5.53. The average Bonchev–Trinajstić information content (AvgIpc) is 2.45. The first-order chi connectivity index (χ1) is 9.65. The first-order valence-electron chi connectivity index (χ1n) is 6.52. The van der Waals surface area contributed by atoms with E-state index in [1.165, 1.54) is 0 Å². The molecule has 0 aliphatic carbocycles. The third-order valence-electron chi connectivity index (χ3n) is 2.88. The van der Waals surface area contributed by atoms with Crippen LogP contribution in [-0.2, 0) is 11.3 Å². The lowest BCUT2D eigenvalue weighted by Crippen LogP contribution is -2.06. The molecule has 0 spiro atoms. The Labute approximate surface area is 133 Å². The average molecular weight is 383 g/mol. The smallest absolute Gasteiger partial charge is 0.161 e. The third kappa shape index (κ3) is 3.46. The molecule has 1 aromatic carbocycles. The number of benzene rings is 1. The maximum absolute atomic E-state index is 5.12. The van der Waals surface area contributed by atoms with E-state index >= 15 is 0 Å². The molecule has 20 heavy (non-hydrogen) atoms. The monoisotopic (exact) mass is 383 g/mol. The number of halogens is 1. The third-order valence-corrected chi connectivity index (χ3v) is 4.18. The van der Waals surface area contributed by atoms with Crippen LogP contribution in [0.5, 0.6) is 0 Å². The van der Waals surface area contributed by atoms with E-state index in [2.05, 4.69) is 44.8 Å². The SMILES string of the molecule is CCNc1nc(-c2ccc(COC)cc2)nc(C)c1I. The molecule has 0 saturated heterocycles. The lowest BCUT2D eigenvalue weighted by atomic mass is 10.1. The molecule has 2 aromatic rings. The molecule has 0 unspecified atom stereocenters. The molecule has 2 rings (SSSR count). The predicted molar refractivity (Wildman–Crippen MR) is 89.8 cm³/mol. The van der Waals surface area contributed by atoms with E-state index in [-0.39, 0.29) is 0 Å². The summed E-state index contributed by atoms with van der Waals surface area (Å²) in [6.45, 7) is 5.54. The lowest BCUT2D eigenvalue weighted by Gasteiger charge is -2.10. The quantitative estimate of drug-likeness (QED) is 0.802. The van der Waals surface area contributed by atoms with E-state index < -0.39 is 0 Å². The maximum atomic E-state index is 5.12. The van der Waals surface area contributed by atoms with Crippen LogP contribution in [0.15, 0.2) is 24.3 Å². The molecular formula is C15H18IN3O. The van der Waals surface area contributed by atoms with Crippen LogP contribution in [0.25, 0.3) is 11.4 Å². The zero-order valence-electron chi connectivity index (χ0n) is 11.9. The Morgan fingerprint density at radius 3 is 2.50 bits per heavy atom. The highest BCUT2D eigenvalue weighted by Crippen LogP contribution is 2.23. The number of aryl methyl sites for hydroxylation is 1. The topological polar surface area (TPSA) is 47.0 Å². The van der Waals surface area contributed by atoms with Gasteiger partial charge in [0, 0.05) is 19.2 Å². The largest absolute Gasteiger partial charge is 0.380 e. The van der Waals surface area contributed by atoms with Gasteiger partial charge in [0.2, 0.25) is 0 Å². The summed E-state index contributed by atoms with van der Waals surface area (Å²) >= 11 is 2.28. The van der Waals surface area contributed by atoms with Gasteiger partial charge in [-0.05, 0) is 42.0 Å². The van der Waals surface area contributed by atoms with E-state index in [0.29, 0.717) is 6.61 Å². The molecule has 0 atom stereocenters. The molecule has 0 bridgehead atoms. The van der Waals surface area contributed by atoms with Crippen LogP contribution in [0.2, 0.25) is 0 Å². The van der Waals surface area contributed by atoms with Gasteiger partial charge in [0.05, 0.1) is 15.9 Å². The summed E-state index contributed by atoms with van der Waals surface area (Å²) in [5.74, 6) is 1.65. The van der Waals surface area contributed by atoms with E-state index in [1.54, 1.807) is 7.11 Å². The second kappa shape index (κ2) is 6.99. The molecule has 0 aliphatic heterocycles. The maximum Gasteiger partial charge on any atom is 0.161 e. The summed E-state index contributed by atoms with van der Waals surface area (Å²) in [7, 11) is 1.70. The Hall–Kier alpha value is -1.21. The molecule has 5 heteroatoms. The van der Waals surface area contributed by atoms with E-state index in [0.717, 1.165) is 38.6 Å². The minimum Gasteiger partial charge on any atom is -0.380 e. The number of hydrogen-bond acceptors (Lipinski definition) is 4. The molecular weight excluding hydrogens is 365 g/mol. The molecule has 0 fully saturated rings. The van der Waals surface area contributed by atoms with Crippen LogP contribution >= 0.6 is 22.6 Å². The number of ether oxygens (including phenoxy) is 1. The highest BCUT2D eigenvalue weighted by Gasteiger charge is 2.10. The Morgan fingerprint density at radius 2 is 1.90 bits per heavy atom. The van der Waals surface area contributed by atoms with Crippen molar-refractivity contribution >= 4 is 28.4 Å². The first kappa shape index (κ1) is 15.2. The van der Waals surface area contributed by atoms with Gasteiger partial charge in [0.25, 0.3) is 0 Å². The molecule has 0 radical (unpaired) electrons. The van der Waals surface area contributed by atoms with Crippen molar-refractivity contribution in [1.29, 1.82) is 0 Å². The highest BCUT2D eigenvalue weighted by molar-refractivity contribution is 14.1. The number of anilines is 1. The summed E-state index contributed by atoms with van der Waals surface area (Å²) in [5.41, 5.74) is 3.15. The molecule has 0 aliphatic rings. The van der Waals surface area contributed by atoms with Crippen molar-refractivity contribution in [3.63, 3.8) is 0 Å². The predicted octanol–water partition coefficient (Wildman–Crippen LogP) is 3.63. The van der Waals surface area contributed by atoms with Gasteiger partial charge in [-0.2, -0.15) is 0 Å². The van der Waals surface area contributed by atoms with E-state index in [4.69, 9.17) is 4.74 Å². The van der Waals surface area contributed by atoms with Crippen molar-refractivity contribution in [2.24, 2.45) is 0 Å².